The molecule has 0 amide bonds. The third-order valence-electron chi connectivity index (χ3n) is 3.28. The average molecular weight is 284 g/mol. The first-order valence-electron chi connectivity index (χ1n) is 7.17. The Hall–Kier alpha value is -2.29. The Morgan fingerprint density at radius 2 is 2.00 bits per heavy atom. The van der Waals surface area contributed by atoms with Crippen LogP contribution in [0.25, 0.3) is 16.8 Å². The number of unbranched alkanes of at least 4 members (excludes halogenated alkanes) is 1. The lowest BCUT2D eigenvalue weighted by atomic mass is 10.0. The Morgan fingerprint density at radius 1 is 1.19 bits per heavy atom. The van der Waals surface area contributed by atoms with Crippen LogP contribution in [0.5, 0.6) is 5.75 Å². The number of carbonyl (C=O) groups excluding carboxylic acids is 1. The van der Waals surface area contributed by atoms with Crippen LogP contribution in [0.1, 0.15) is 25.3 Å². The molecular formula is C18H20O3. The van der Waals surface area contributed by atoms with Crippen LogP contribution < -0.4 is 4.74 Å². The summed E-state index contributed by atoms with van der Waals surface area (Å²) in [6.45, 7) is 2.52. The topological polar surface area (TPSA) is 35.5 Å². The van der Waals surface area contributed by atoms with Gasteiger partial charge in [0.25, 0.3) is 0 Å². The summed E-state index contributed by atoms with van der Waals surface area (Å²) in [7, 11) is 1.63. The van der Waals surface area contributed by atoms with Gasteiger partial charge in [-0.1, -0.05) is 43.7 Å². The first-order valence-corrected chi connectivity index (χ1v) is 7.17. The van der Waals surface area contributed by atoms with E-state index in [2.05, 4.69) is 6.92 Å². The monoisotopic (exact) mass is 284 g/mol. The molecule has 0 spiro atoms. The standard InChI is InChI=1S/C18H20O3/c1-3-4-13-21-18(19)12-10-16-15-8-6-5-7-14(15)9-11-17(16)20-2/h5-12H,3-4,13H2,1-2H3/b12-10+. The SMILES string of the molecule is CCCCOC(=O)/C=C/c1c(OC)ccc2ccccc12. The highest BCUT2D eigenvalue weighted by molar-refractivity contribution is 5.96. The molecule has 0 radical (unpaired) electrons. The van der Waals surface area contributed by atoms with E-state index >= 15 is 0 Å². The first kappa shape index (κ1) is 15.1. The van der Waals surface area contributed by atoms with Crippen molar-refractivity contribution in [3.8, 4) is 5.75 Å². The van der Waals surface area contributed by atoms with Crippen molar-refractivity contribution in [1.29, 1.82) is 0 Å². The largest absolute Gasteiger partial charge is 0.496 e. The molecule has 0 aliphatic rings. The summed E-state index contributed by atoms with van der Waals surface area (Å²) in [4.78, 5) is 11.7. The molecule has 0 fully saturated rings. The fraction of sp³-hybridized carbons (Fsp3) is 0.278. The predicted octanol–water partition coefficient (Wildman–Crippen LogP) is 4.20. The highest BCUT2D eigenvalue weighted by Gasteiger charge is 2.06. The zero-order valence-corrected chi connectivity index (χ0v) is 12.5. The van der Waals surface area contributed by atoms with E-state index in [4.69, 9.17) is 9.47 Å². The second kappa shape index (κ2) is 7.48. The van der Waals surface area contributed by atoms with Gasteiger partial charge in [-0.25, -0.2) is 4.79 Å². The molecule has 0 saturated carbocycles. The van der Waals surface area contributed by atoms with Crippen molar-refractivity contribution in [3.63, 3.8) is 0 Å². The zero-order chi connectivity index (χ0) is 15.1. The van der Waals surface area contributed by atoms with Crippen molar-refractivity contribution < 1.29 is 14.3 Å². The lowest BCUT2D eigenvalue weighted by Gasteiger charge is -2.08. The van der Waals surface area contributed by atoms with E-state index < -0.39 is 0 Å². The molecule has 3 nitrogen and oxygen atoms in total. The fourth-order valence-corrected chi connectivity index (χ4v) is 2.14. The van der Waals surface area contributed by atoms with Gasteiger partial charge in [-0.15, -0.1) is 0 Å². The van der Waals surface area contributed by atoms with Gasteiger partial charge in [0.15, 0.2) is 0 Å². The van der Waals surface area contributed by atoms with Gasteiger partial charge in [0.2, 0.25) is 0 Å². The Balaban J connectivity index is 2.25. The molecule has 0 saturated heterocycles. The number of benzene rings is 2. The molecule has 21 heavy (non-hydrogen) atoms. The summed E-state index contributed by atoms with van der Waals surface area (Å²) in [6, 6.07) is 11.9. The molecule has 0 aliphatic carbocycles. The molecule has 2 aromatic carbocycles. The molecule has 3 heteroatoms. The molecule has 0 atom stereocenters. The summed E-state index contributed by atoms with van der Waals surface area (Å²) in [5.41, 5.74) is 0.892. The van der Waals surface area contributed by atoms with Gasteiger partial charge in [-0.2, -0.15) is 0 Å². The van der Waals surface area contributed by atoms with Crippen LogP contribution in [0, 0.1) is 0 Å². The number of methoxy groups -OCH3 is 1. The van der Waals surface area contributed by atoms with Crippen LogP contribution in [-0.4, -0.2) is 19.7 Å². The van der Waals surface area contributed by atoms with Crippen molar-refractivity contribution in [2.45, 2.75) is 19.8 Å². The van der Waals surface area contributed by atoms with Crippen LogP contribution in [-0.2, 0) is 9.53 Å². The fourth-order valence-electron chi connectivity index (χ4n) is 2.14. The third kappa shape index (κ3) is 3.85. The van der Waals surface area contributed by atoms with Gasteiger partial charge in [-0.3, -0.25) is 0 Å². The maximum Gasteiger partial charge on any atom is 0.330 e. The Kier molecular flexibility index (Phi) is 5.38. The van der Waals surface area contributed by atoms with Crippen molar-refractivity contribution in [2.24, 2.45) is 0 Å². The summed E-state index contributed by atoms with van der Waals surface area (Å²) in [5, 5.41) is 2.16. The molecule has 2 rings (SSSR count). The average Bonchev–Trinajstić information content (AvgIpc) is 2.52. The third-order valence-corrected chi connectivity index (χ3v) is 3.28. The maximum atomic E-state index is 11.7. The summed E-state index contributed by atoms with van der Waals surface area (Å²) in [5.74, 6) is 0.421. The molecule has 0 aliphatic heterocycles. The summed E-state index contributed by atoms with van der Waals surface area (Å²) < 4.78 is 10.5. The normalized spacial score (nSPS) is 11.0. The number of rotatable bonds is 6. The lowest BCUT2D eigenvalue weighted by Crippen LogP contribution is -2.01. The smallest absolute Gasteiger partial charge is 0.330 e. The van der Waals surface area contributed by atoms with Crippen LogP contribution in [0.15, 0.2) is 42.5 Å². The van der Waals surface area contributed by atoms with Crippen LogP contribution in [0.4, 0.5) is 0 Å². The van der Waals surface area contributed by atoms with E-state index in [1.807, 2.05) is 36.4 Å². The lowest BCUT2D eigenvalue weighted by molar-refractivity contribution is -0.137. The van der Waals surface area contributed by atoms with Crippen molar-refractivity contribution >= 4 is 22.8 Å². The van der Waals surface area contributed by atoms with E-state index in [0.29, 0.717) is 6.61 Å². The highest BCUT2D eigenvalue weighted by atomic mass is 16.5. The van der Waals surface area contributed by atoms with Crippen LogP contribution >= 0.6 is 0 Å². The van der Waals surface area contributed by atoms with Gasteiger partial charge in [0, 0.05) is 11.6 Å². The van der Waals surface area contributed by atoms with Crippen LogP contribution in [0.3, 0.4) is 0 Å². The van der Waals surface area contributed by atoms with E-state index in [0.717, 1.165) is 34.9 Å². The Labute approximate surface area is 125 Å². The van der Waals surface area contributed by atoms with Gasteiger partial charge < -0.3 is 9.47 Å². The number of ether oxygens (including phenoxy) is 2. The summed E-state index contributed by atoms with van der Waals surface area (Å²) >= 11 is 0. The van der Waals surface area contributed by atoms with E-state index in [1.54, 1.807) is 13.2 Å². The molecule has 0 unspecified atom stereocenters. The molecule has 0 heterocycles. The second-order valence-electron chi connectivity index (χ2n) is 4.76. The number of esters is 1. The van der Waals surface area contributed by atoms with Crippen molar-refractivity contribution in [1.82, 2.24) is 0 Å². The molecule has 0 bridgehead atoms. The number of hydrogen-bond donors (Lipinski definition) is 0. The zero-order valence-electron chi connectivity index (χ0n) is 12.5. The molecular weight excluding hydrogens is 264 g/mol. The van der Waals surface area contributed by atoms with E-state index in [1.165, 1.54) is 6.08 Å². The molecule has 0 aromatic heterocycles. The quantitative estimate of drug-likeness (QED) is 0.453. The van der Waals surface area contributed by atoms with Crippen LogP contribution in [0.2, 0.25) is 0 Å². The van der Waals surface area contributed by atoms with E-state index in [-0.39, 0.29) is 5.97 Å². The van der Waals surface area contributed by atoms with Crippen molar-refractivity contribution in [3.05, 3.63) is 48.0 Å². The molecule has 0 N–H and O–H groups in total. The van der Waals surface area contributed by atoms with Gasteiger partial charge in [0.05, 0.1) is 13.7 Å². The van der Waals surface area contributed by atoms with Gasteiger partial charge >= 0.3 is 5.97 Å². The maximum absolute atomic E-state index is 11.7. The minimum atomic E-state index is -0.321. The number of hydrogen-bond acceptors (Lipinski definition) is 3. The Bertz CT molecular complexity index is 644. The predicted molar refractivity (Wildman–Crippen MR) is 85.4 cm³/mol. The minimum Gasteiger partial charge on any atom is -0.496 e. The van der Waals surface area contributed by atoms with Gasteiger partial charge in [-0.05, 0) is 29.3 Å². The highest BCUT2D eigenvalue weighted by Crippen LogP contribution is 2.29. The van der Waals surface area contributed by atoms with E-state index in [9.17, 15) is 4.79 Å². The van der Waals surface area contributed by atoms with Gasteiger partial charge in [0.1, 0.15) is 5.75 Å². The second-order valence-corrected chi connectivity index (χ2v) is 4.76. The van der Waals surface area contributed by atoms with Crippen molar-refractivity contribution in [2.75, 3.05) is 13.7 Å². The first-order chi connectivity index (χ1) is 10.3. The Morgan fingerprint density at radius 3 is 2.76 bits per heavy atom. The summed E-state index contributed by atoms with van der Waals surface area (Å²) in [6.07, 6.45) is 5.11. The number of carbonyl (C=O) groups is 1. The number of fused-ring (bicyclic) bond motifs is 1. The molecule has 110 valence electrons. The molecule has 2 aromatic rings. The minimum absolute atomic E-state index is 0.321.